The lowest BCUT2D eigenvalue weighted by molar-refractivity contribution is -0.125. The summed E-state index contributed by atoms with van der Waals surface area (Å²) in [6.07, 6.45) is 0.755. The highest BCUT2D eigenvalue weighted by atomic mass is 32.2. The Morgan fingerprint density at radius 3 is 2.45 bits per heavy atom. The molecule has 0 aromatic heterocycles. The van der Waals surface area contributed by atoms with Crippen molar-refractivity contribution in [3.05, 3.63) is 29.3 Å². The summed E-state index contributed by atoms with van der Waals surface area (Å²) in [6, 6.07) is 3.82. The second-order valence-corrected chi connectivity index (χ2v) is 8.16. The summed E-state index contributed by atoms with van der Waals surface area (Å²) in [5, 5.41) is 7.87. The Morgan fingerprint density at radius 2 is 1.86 bits per heavy atom. The van der Waals surface area contributed by atoms with Gasteiger partial charge in [-0.25, -0.2) is 23.1 Å². The monoisotopic (exact) mass is 427 g/mol. The van der Waals surface area contributed by atoms with Gasteiger partial charge in [0.2, 0.25) is 10.0 Å². The topological polar surface area (TPSA) is 145 Å². The minimum absolute atomic E-state index is 0.0184. The largest absolute Gasteiger partial charge is 0.452 e. The number of likely N-dealkylation sites (tertiary alicyclic amines) is 1. The maximum absolute atomic E-state index is 12.1. The van der Waals surface area contributed by atoms with E-state index in [4.69, 9.17) is 14.6 Å². The van der Waals surface area contributed by atoms with Gasteiger partial charge in [0.25, 0.3) is 5.91 Å². The first-order chi connectivity index (χ1) is 13.6. The van der Waals surface area contributed by atoms with Gasteiger partial charge in [0.1, 0.15) is 0 Å². The molecule has 0 saturated carbocycles. The van der Waals surface area contributed by atoms with Crippen molar-refractivity contribution in [2.24, 2.45) is 5.14 Å². The summed E-state index contributed by atoms with van der Waals surface area (Å²) in [6.45, 7) is 4.01. The number of benzene rings is 1. The molecular formula is C18H25N3O7S. The third-order valence-electron chi connectivity index (χ3n) is 4.45. The van der Waals surface area contributed by atoms with Crippen LogP contribution in [0.4, 0.5) is 4.79 Å². The lowest BCUT2D eigenvalue weighted by atomic mass is 10.1. The molecule has 2 rings (SSSR count). The minimum atomic E-state index is -3.98. The van der Waals surface area contributed by atoms with Crippen LogP contribution in [-0.2, 0) is 24.3 Å². The number of carbonyl (C=O) groups excluding carboxylic acids is 3. The molecule has 3 N–H and O–H groups in total. The molecule has 0 spiro atoms. The smallest absolute Gasteiger partial charge is 0.409 e. The van der Waals surface area contributed by atoms with Gasteiger partial charge in [-0.15, -0.1) is 0 Å². The number of hydrogen-bond acceptors (Lipinski definition) is 7. The summed E-state index contributed by atoms with van der Waals surface area (Å²) >= 11 is 0. The van der Waals surface area contributed by atoms with Crippen LogP contribution in [0.5, 0.6) is 0 Å². The van der Waals surface area contributed by atoms with Crippen LogP contribution in [0.25, 0.3) is 0 Å². The second kappa shape index (κ2) is 9.70. The van der Waals surface area contributed by atoms with Crippen molar-refractivity contribution in [1.82, 2.24) is 10.2 Å². The van der Waals surface area contributed by atoms with Crippen LogP contribution < -0.4 is 10.5 Å². The molecule has 0 radical (unpaired) electrons. The highest BCUT2D eigenvalue weighted by Crippen LogP contribution is 2.16. The summed E-state index contributed by atoms with van der Waals surface area (Å²) in [7, 11) is -3.98. The molecule has 1 aromatic rings. The quantitative estimate of drug-likeness (QED) is 0.630. The fraction of sp³-hybridized carbons (Fsp3) is 0.500. The van der Waals surface area contributed by atoms with Crippen LogP contribution >= 0.6 is 0 Å². The molecule has 11 heteroatoms. The summed E-state index contributed by atoms with van der Waals surface area (Å²) in [4.78, 5) is 37.2. The van der Waals surface area contributed by atoms with E-state index in [-0.39, 0.29) is 22.6 Å². The van der Waals surface area contributed by atoms with E-state index < -0.39 is 28.5 Å². The third kappa shape index (κ3) is 6.43. The highest BCUT2D eigenvalue weighted by Gasteiger charge is 2.25. The fourth-order valence-corrected chi connectivity index (χ4v) is 3.75. The van der Waals surface area contributed by atoms with E-state index in [1.165, 1.54) is 12.1 Å². The molecule has 10 nitrogen and oxygen atoms in total. The summed E-state index contributed by atoms with van der Waals surface area (Å²) in [5.41, 5.74) is 0.381. The standard InChI is InChI=1S/C18H25N3O7S/c1-3-27-18(24)21-8-6-14(7-9-21)20-16(22)11-28-17(23)13-5-4-12(2)15(10-13)29(19,25)26/h4-5,10,14H,3,6-9,11H2,1-2H3,(H,20,22)(H2,19,25,26). The average molecular weight is 427 g/mol. The SMILES string of the molecule is CCOC(=O)N1CCC(NC(=O)COC(=O)c2ccc(C)c(S(N)(=O)=O)c2)CC1. The first-order valence-corrected chi connectivity index (χ1v) is 10.7. The Kier molecular flexibility index (Phi) is 7.57. The maximum Gasteiger partial charge on any atom is 0.409 e. The minimum Gasteiger partial charge on any atom is -0.452 e. The van der Waals surface area contributed by atoms with E-state index in [2.05, 4.69) is 5.32 Å². The van der Waals surface area contributed by atoms with Crippen molar-refractivity contribution in [3.8, 4) is 0 Å². The predicted molar refractivity (Wildman–Crippen MR) is 103 cm³/mol. The van der Waals surface area contributed by atoms with Gasteiger partial charge in [-0.1, -0.05) is 6.07 Å². The van der Waals surface area contributed by atoms with E-state index in [1.54, 1.807) is 18.7 Å². The van der Waals surface area contributed by atoms with Gasteiger partial charge in [-0.2, -0.15) is 0 Å². The van der Waals surface area contributed by atoms with Crippen LogP contribution in [0, 0.1) is 6.92 Å². The van der Waals surface area contributed by atoms with Crippen molar-refractivity contribution in [2.75, 3.05) is 26.3 Å². The van der Waals surface area contributed by atoms with Gasteiger partial charge in [-0.05, 0) is 44.4 Å². The molecule has 0 aliphatic carbocycles. The number of hydrogen-bond donors (Lipinski definition) is 2. The zero-order chi connectivity index (χ0) is 21.6. The highest BCUT2D eigenvalue weighted by molar-refractivity contribution is 7.89. The van der Waals surface area contributed by atoms with Crippen LogP contribution in [-0.4, -0.2) is 63.6 Å². The Morgan fingerprint density at radius 1 is 1.21 bits per heavy atom. The number of nitrogens with one attached hydrogen (secondary N) is 1. The van der Waals surface area contributed by atoms with Gasteiger partial charge in [0.05, 0.1) is 17.1 Å². The normalized spacial score (nSPS) is 14.9. The molecule has 1 fully saturated rings. The molecule has 2 amide bonds. The molecule has 0 atom stereocenters. The first kappa shape index (κ1) is 22.6. The van der Waals surface area contributed by atoms with Gasteiger partial charge in [0.15, 0.2) is 6.61 Å². The molecule has 1 heterocycles. The van der Waals surface area contributed by atoms with Crippen molar-refractivity contribution in [1.29, 1.82) is 0 Å². The number of nitrogens with two attached hydrogens (primary N) is 1. The Labute approximate surface area is 169 Å². The zero-order valence-corrected chi connectivity index (χ0v) is 17.2. The molecule has 160 valence electrons. The number of ether oxygens (including phenoxy) is 2. The summed E-state index contributed by atoms with van der Waals surface area (Å²) < 4.78 is 33.0. The lowest BCUT2D eigenvalue weighted by Gasteiger charge is -2.31. The van der Waals surface area contributed by atoms with Crippen molar-refractivity contribution in [3.63, 3.8) is 0 Å². The van der Waals surface area contributed by atoms with Gasteiger partial charge in [0, 0.05) is 19.1 Å². The van der Waals surface area contributed by atoms with Crippen molar-refractivity contribution >= 4 is 28.0 Å². The number of carbonyl (C=O) groups is 3. The van der Waals surface area contributed by atoms with E-state index in [0.29, 0.717) is 38.1 Å². The van der Waals surface area contributed by atoms with E-state index >= 15 is 0 Å². The number of esters is 1. The van der Waals surface area contributed by atoms with Gasteiger partial charge < -0.3 is 19.7 Å². The molecule has 1 saturated heterocycles. The van der Waals surface area contributed by atoms with E-state index in [9.17, 15) is 22.8 Å². The second-order valence-electron chi connectivity index (χ2n) is 6.63. The Bertz CT molecular complexity index is 877. The number of nitrogens with zero attached hydrogens (tertiary/aromatic N) is 1. The van der Waals surface area contributed by atoms with Crippen LogP contribution in [0.1, 0.15) is 35.7 Å². The Hall–Kier alpha value is -2.66. The number of primary sulfonamides is 1. The number of amides is 2. The fourth-order valence-electron chi connectivity index (χ4n) is 2.94. The molecule has 29 heavy (non-hydrogen) atoms. The number of aryl methyl sites for hydroxylation is 1. The lowest BCUT2D eigenvalue weighted by Crippen LogP contribution is -2.47. The third-order valence-corrected chi connectivity index (χ3v) is 5.50. The van der Waals surface area contributed by atoms with Crippen LogP contribution in [0.2, 0.25) is 0 Å². The Balaban J connectivity index is 1.83. The predicted octanol–water partition coefficient (Wildman–Crippen LogP) is 0.536. The van der Waals surface area contributed by atoms with Crippen molar-refractivity contribution in [2.45, 2.75) is 37.6 Å². The summed E-state index contributed by atoms with van der Waals surface area (Å²) in [5.74, 6) is -1.31. The van der Waals surface area contributed by atoms with E-state index in [0.717, 1.165) is 6.07 Å². The molecule has 1 aromatic carbocycles. The molecule has 0 unspecified atom stereocenters. The van der Waals surface area contributed by atoms with Crippen LogP contribution in [0.3, 0.4) is 0 Å². The van der Waals surface area contributed by atoms with Crippen molar-refractivity contribution < 1.29 is 32.3 Å². The molecule has 1 aliphatic heterocycles. The number of piperidine rings is 1. The van der Waals surface area contributed by atoms with Gasteiger partial charge in [-0.3, -0.25) is 4.79 Å². The molecular weight excluding hydrogens is 402 g/mol. The number of rotatable bonds is 6. The van der Waals surface area contributed by atoms with E-state index in [1.807, 2.05) is 0 Å². The van der Waals surface area contributed by atoms with Gasteiger partial charge >= 0.3 is 12.1 Å². The molecule has 0 bridgehead atoms. The zero-order valence-electron chi connectivity index (χ0n) is 16.3. The number of sulfonamides is 1. The first-order valence-electron chi connectivity index (χ1n) is 9.13. The average Bonchev–Trinajstić information content (AvgIpc) is 2.66. The molecule has 1 aliphatic rings. The van der Waals surface area contributed by atoms with Crippen LogP contribution in [0.15, 0.2) is 23.1 Å². The maximum atomic E-state index is 12.1.